The normalized spacial score (nSPS) is 27.3. The van der Waals surface area contributed by atoms with Crippen LogP contribution in [-0.4, -0.2) is 36.9 Å². The first-order valence-electron chi connectivity index (χ1n) is 6.63. The summed E-state index contributed by atoms with van der Waals surface area (Å²) in [6.45, 7) is 6.67. The van der Waals surface area contributed by atoms with Crippen molar-refractivity contribution < 1.29 is 14.6 Å². The third kappa shape index (κ3) is 3.82. The third-order valence-corrected chi connectivity index (χ3v) is 3.86. The molecule has 4 heteroatoms. The zero-order chi connectivity index (χ0) is 13.7. The van der Waals surface area contributed by atoms with Crippen LogP contribution >= 0.6 is 0 Å². The van der Waals surface area contributed by atoms with Gasteiger partial charge in [-0.1, -0.05) is 18.6 Å². The van der Waals surface area contributed by atoms with Gasteiger partial charge < -0.3 is 15.2 Å². The Morgan fingerprint density at radius 3 is 2.83 bits per heavy atom. The molecule has 0 radical (unpaired) electrons. The van der Waals surface area contributed by atoms with Crippen molar-refractivity contribution in [1.82, 2.24) is 5.32 Å². The summed E-state index contributed by atoms with van der Waals surface area (Å²) in [6, 6.07) is -0.642. The number of rotatable bonds is 5. The Morgan fingerprint density at radius 2 is 2.33 bits per heavy atom. The molecule has 104 valence electrons. The molecular weight excluding hydrogens is 230 g/mol. The molecule has 4 atom stereocenters. The summed E-state index contributed by atoms with van der Waals surface area (Å²) in [4.78, 5) is 11.5. The maximum Gasteiger partial charge on any atom is 0.325 e. The van der Waals surface area contributed by atoms with E-state index in [2.05, 4.69) is 25.2 Å². The van der Waals surface area contributed by atoms with Crippen molar-refractivity contribution in [3.05, 3.63) is 11.6 Å². The Morgan fingerprint density at radius 1 is 1.67 bits per heavy atom. The average molecular weight is 255 g/mol. The summed E-state index contributed by atoms with van der Waals surface area (Å²) in [5.74, 6) is 0.634. The highest BCUT2D eigenvalue weighted by molar-refractivity contribution is 5.76. The molecule has 0 amide bonds. The van der Waals surface area contributed by atoms with Crippen molar-refractivity contribution in [2.45, 2.75) is 45.8 Å². The molecule has 0 aromatic carbocycles. The van der Waals surface area contributed by atoms with E-state index in [9.17, 15) is 9.90 Å². The lowest BCUT2D eigenvalue weighted by molar-refractivity contribution is -0.145. The van der Waals surface area contributed by atoms with Gasteiger partial charge in [0.15, 0.2) is 0 Å². The highest BCUT2D eigenvalue weighted by atomic mass is 16.5. The molecule has 0 heterocycles. The van der Waals surface area contributed by atoms with Crippen molar-refractivity contribution >= 4 is 5.97 Å². The van der Waals surface area contributed by atoms with E-state index in [1.54, 1.807) is 6.92 Å². The van der Waals surface area contributed by atoms with Crippen molar-refractivity contribution in [3.63, 3.8) is 0 Å². The molecule has 2 N–H and O–H groups in total. The molecule has 0 aromatic rings. The number of hydrogen-bond donors (Lipinski definition) is 2. The lowest BCUT2D eigenvalue weighted by atomic mass is 9.80. The summed E-state index contributed by atoms with van der Waals surface area (Å²) < 4.78 is 4.69. The number of esters is 1. The lowest BCUT2D eigenvalue weighted by Crippen LogP contribution is -2.48. The molecule has 0 saturated carbocycles. The fraction of sp³-hybridized carbons (Fsp3) is 0.786. The van der Waals surface area contributed by atoms with Crippen molar-refractivity contribution in [3.8, 4) is 0 Å². The largest absolute Gasteiger partial charge is 0.468 e. The summed E-state index contributed by atoms with van der Waals surface area (Å²) in [6.07, 6.45) is 3.84. The van der Waals surface area contributed by atoms with Crippen LogP contribution < -0.4 is 5.32 Å². The minimum absolute atomic E-state index is 0.407. The van der Waals surface area contributed by atoms with Gasteiger partial charge in [0.25, 0.3) is 0 Å². The number of allylic oxidation sites excluding steroid dienone is 1. The summed E-state index contributed by atoms with van der Waals surface area (Å²) >= 11 is 0. The van der Waals surface area contributed by atoms with Crippen molar-refractivity contribution in [2.24, 2.45) is 11.8 Å². The minimum Gasteiger partial charge on any atom is -0.468 e. The second-order valence-electron chi connectivity index (χ2n) is 5.26. The van der Waals surface area contributed by atoms with Crippen LogP contribution in [0.25, 0.3) is 0 Å². The first-order valence-corrected chi connectivity index (χ1v) is 6.63. The van der Waals surface area contributed by atoms with Crippen LogP contribution in [0.2, 0.25) is 0 Å². The smallest absolute Gasteiger partial charge is 0.325 e. The van der Waals surface area contributed by atoms with Crippen LogP contribution in [-0.2, 0) is 9.53 Å². The number of carbonyl (C=O) groups excluding carboxylic acids is 1. The molecule has 4 nitrogen and oxygen atoms in total. The lowest BCUT2D eigenvalue weighted by Gasteiger charge is -2.30. The number of ether oxygens (including phenoxy) is 1. The Balaban J connectivity index is 2.59. The SMILES string of the molecule is COC(=O)C(NCC1C(C)=CCCC1C)C(C)O. The highest BCUT2D eigenvalue weighted by Crippen LogP contribution is 2.29. The van der Waals surface area contributed by atoms with Gasteiger partial charge >= 0.3 is 5.97 Å². The topological polar surface area (TPSA) is 58.6 Å². The second-order valence-corrected chi connectivity index (χ2v) is 5.26. The van der Waals surface area contributed by atoms with E-state index in [0.717, 1.165) is 6.42 Å². The predicted octanol–water partition coefficient (Wildman–Crippen LogP) is 1.49. The van der Waals surface area contributed by atoms with Gasteiger partial charge in [-0.2, -0.15) is 0 Å². The zero-order valence-electron chi connectivity index (χ0n) is 11.8. The molecule has 1 aliphatic carbocycles. The fourth-order valence-corrected chi connectivity index (χ4v) is 2.57. The van der Waals surface area contributed by atoms with E-state index in [0.29, 0.717) is 18.4 Å². The average Bonchev–Trinajstić information content (AvgIpc) is 2.31. The van der Waals surface area contributed by atoms with E-state index < -0.39 is 18.1 Å². The van der Waals surface area contributed by atoms with Crippen molar-refractivity contribution in [2.75, 3.05) is 13.7 Å². The number of hydrogen-bond acceptors (Lipinski definition) is 4. The molecule has 4 unspecified atom stereocenters. The van der Waals surface area contributed by atoms with Crippen LogP contribution in [0.1, 0.15) is 33.6 Å². The Labute approximate surface area is 109 Å². The molecule has 0 spiro atoms. The van der Waals surface area contributed by atoms with E-state index in [1.165, 1.54) is 19.1 Å². The standard InChI is InChI=1S/C14H25NO3/c1-9-6-5-7-10(2)12(9)8-15-13(11(3)16)14(17)18-4/h6,10-13,15-16H,5,7-8H2,1-4H3. The third-order valence-electron chi connectivity index (χ3n) is 3.86. The van der Waals surface area contributed by atoms with Crippen molar-refractivity contribution in [1.29, 1.82) is 0 Å². The van der Waals surface area contributed by atoms with Gasteiger partial charge in [-0.3, -0.25) is 4.79 Å². The summed E-state index contributed by atoms with van der Waals surface area (Å²) in [5, 5.41) is 12.7. The molecule has 0 saturated heterocycles. The summed E-state index contributed by atoms with van der Waals surface area (Å²) in [7, 11) is 1.34. The van der Waals surface area contributed by atoms with Gasteiger partial charge in [-0.05, 0) is 38.5 Å². The van der Waals surface area contributed by atoms with E-state index >= 15 is 0 Å². The first-order chi connectivity index (χ1) is 8.47. The van der Waals surface area contributed by atoms with Crippen LogP contribution in [0, 0.1) is 11.8 Å². The molecule has 0 aromatic heterocycles. The molecule has 0 aliphatic heterocycles. The van der Waals surface area contributed by atoms with E-state index in [-0.39, 0.29) is 0 Å². The quantitative estimate of drug-likeness (QED) is 0.577. The van der Waals surface area contributed by atoms with Gasteiger partial charge in [0.2, 0.25) is 0 Å². The molecule has 0 bridgehead atoms. The predicted molar refractivity (Wildman–Crippen MR) is 71.1 cm³/mol. The molecular formula is C14H25NO3. The number of nitrogens with one attached hydrogen (secondary N) is 1. The van der Waals surface area contributed by atoms with Crippen LogP contribution in [0.4, 0.5) is 0 Å². The van der Waals surface area contributed by atoms with Gasteiger partial charge in [0, 0.05) is 6.54 Å². The minimum atomic E-state index is -0.749. The Kier molecular flexibility index (Phi) is 5.82. The molecule has 18 heavy (non-hydrogen) atoms. The van der Waals surface area contributed by atoms with E-state index in [1.807, 2.05) is 0 Å². The van der Waals surface area contributed by atoms with Crippen LogP contribution in [0.15, 0.2) is 11.6 Å². The second kappa shape index (κ2) is 6.90. The van der Waals surface area contributed by atoms with Crippen LogP contribution in [0.3, 0.4) is 0 Å². The Bertz CT molecular complexity index is 312. The maximum absolute atomic E-state index is 11.5. The molecule has 1 rings (SSSR count). The fourth-order valence-electron chi connectivity index (χ4n) is 2.57. The van der Waals surface area contributed by atoms with Gasteiger partial charge in [0.1, 0.15) is 6.04 Å². The first kappa shape index (κ1) is 15.2. The number of methoxy groups -OCH3 is 1. The summed E-state index contributed by atoms with van der Waals surface area (Å²) in [5.41, 5.74) is 1.37. The monoisotopic (exact) mass is 255 g/mol. The van der Waals surface area contributed by atoms with Gasteiger partial charge in [-0.15, -0.1) is 0 Å². The highest BCUT2D eigenvalue weighted by Gasteiger charge is 2.27. The maximum atomic E-state index is 11.5. The molecule has 1 aliphatic rings. The number of aliphatic hydroxyl groups is 1. The number of carbonyl (C=O) groups is 1. The van der Waals surface area contributed by atoms with E-state index in [4.69, 9.17) is 4.74 Å². The molecule has 0 fully saturated rings. The van der Waals surface area contributed by atoms with Gasteiger partial charge in [0.05, 0.1) is 13.2 Å². The van der Waals surface area contributed by atoms with Gasteiger partial charge in [-0.25, -0.2) is 0 Å². The number of aliphatic hydroxyl groups excluding tert-OH is 1. The Hall–Kier alpha value is -0.870. The zero-order valence-corrected chi connectivity index (χ0v) is 11.8. The van der Waals surface area contributed by atoms with Crippen LogP contribution in [0.5, 0.6) is 0 Å².